The van der Waals surface area contributed by atoms with E-state index in [9.17, 15) is 0 Å². The second-order valence-corrected chi connectivity index (χ2v) is 7.02. The molecule has 0 radical (unpaired) electrons. The molecular weight excluding hydrogens is 340 g/mol. The molecule has 1 aliphatic heterocycles. The maximum atomic E-state index is 4.95. The number of para-hydroxylation sites is 2. The highest BCUT2D eigenvalue weighted by molar-refractivity contribution is 5.82. The molecule has 0 spiro atoms. The molecule has 2 atom stereocenters. The molecule has 1 aliphatic rings. The van der Waals surface area contributed by atoms with E-state index in [1.807, 2.05) is 6.07 Å². The molecule has 3 N–H and O–H groups in total. The van der Waals surface area contributed by atoms with Gasteiger partial charge in [-0.25, -0.2) is 19.9 Å². The van der Waals surface area contributed by atoms with Gasteiger partial charge in [-0.3, -0.25) is 0 Å². The first-order chi connectivity index (χ1) is 13.3. The van der Waals surface area contributed by atoms with Crippen LogP contribution in [0.25, 0.3) is 22.2 Å². The summed E-state index contributed by atoms with van der Waals surface area (Å²) in [5.74, 6) is 1.74. The Morgan fingerprint density at radius 3 is 3.04 bits per heavy atom. The molecule has 5 rings (SSSR count). The van der Waals surface area contributed by atoms with Crippen LogP contribution in [0.2, 0.25) is 0 Å². The fraction of sp³-hybridized carbons (Fsp3) is 0.368. The van der Waals surface area contributed by atoms with Gasteiger partial charge in [-0.1, -0.05) is 12.1 Å². The lowest BCUT2D eigenvalue weighted by molar-refractivity contribution is 0.367. The molecule has 0 aliphatic carbocycles. The Bertz CT molecular complexity index is 1080. The minimum absolute atomic E-state index is 0.0193. The number of hydrogen-bond acceptors (Lipinski definition) is 6. The van der Waals surface area contributed by atoms with Crippen LogP contribution in [-0.2, 0) is 0 Å². The third-order valence-corrected chi connectivity index (χ3v) is 5.22. The summed E-state index contributed by atoms with van der Waals surface area (Å²) in [5.41, 5.74) is 3.68. The van der Waals surface area contributed by atoms with E-state index in [0.29, 0.717) is 11.9 Å². The van der Waals surface area contributed by atoms with Crippen LogP contribution in [0.3, 0.4) is 0 Å². The number of H-pyrrole nitrogens is 1. The van der Waals surface area contributed by atoms with Crippen molar-refractivity contribution in [2.75, 3.05) is 18.4 Å². The van der Waals surface area contributed by atoms with Crippen molar-refractivity contribution in [3.05, 3.63) is 42.7 Å². The van der Waals surface area contributed by atoms with Crippen molar-refractivity contribution >= 4 is 28.0 Å². The lowest BCUT2D eigenvalue weighted by Crippen LogP contribution is -2.33. The molecule has 1 aromatic carbocycles. The first-order valence-corrected chi connectivity index (χ1v) is 9.39. The van der Waals surface area contributed by atoms with Gasteiger partial charge < -0.3 is 20.2 Å². The zero-order valence-electron chi connectivity index (χ0n) is 15.2. The maximum absolute atomic E-state index is 4.95. The Kier molecular flexibility index (Phi) is 3.97. The number of hydrogen-bond donors (Lipinski definition) is 3. The van der Waals surface area contributed by atoms with E-state index in [1.165, 1.54) is 11.9 Å². The molecule has 0 saturated carbocycles. The molecule has 8 heteroatoms. The summed E-state index contributed by atoms with van der Waals surface area (Å²) in [4.78, 5) is 20.9. The van der Waals surface area contributed by atoms with Crippen LogP contribution in [0.5, 0.6) is 0 Å². The minimum atomic E-state index is -0.0193. The van der Waals surface area contributed by atoms with Gasteiger partial charge in [0.25, 0.3) is 0 Å². The van der Waals surface area contributed by atoms with Crippen molar-refractivity contribution in [3.8, 4) is 0 Å². The van der Waals surface area contributed by atoms with Gasteiger partial charge in [0.1, 0.15) is 17.7 Å². The monoisotopic (exact) mass is 362 g/mol. The molecule has 1 unspecified atom stereocenters. The number of nitrogens with zero attached hydrogens (tertiary/aromatic N) is 5. The van der Waals surface area contributed by atoms with Crippen molar-refractivity contribution in [2.24, 2.45) is 0 Å². The van der Waals surface area contributed by atoms with Crippen LogP contribution in [-0.4, -0.2) is 42.6 Å². The molecule has 0 bridgehead atoms. The van der Waals surface area contributed by atoms with Gasteiger partial charge in [-0.2, -0.15) is 0 Å². The number of benzene rings is 1. The van der Waals surface area contributed by atoms with Crippen LogP contribution in [0.4, 0.5) is 5.82 Å². The zero-order chi connectivity index (χ0) is 18.2. The fourth-order valence-corrected chi connectivity index (χ4v) is 3.95. The van der Waals surface area contributed by atoms with Crippen molar-refractivity contribution in [2.45, 2.75) is 31.8 Å². The topological polar surface area (TPSA) is 96.3 Å². The molecule has 4 aromatic rings. The third-order valence-electron chi connectivity index (χ3n) is 5.22. The fourth-order valence-electron chi connectivity index (χ4n) is 3.95. The molecule has 1 saturated heterocycles. The molecule has 0 amide bonds. The van der Waals surface area contributed by atoms with Crippen LogP contribution in [0, 0.1) is 0 Å². The smallest absolute Gasteiger partial charge is 0.162 e. The van der Waals surface area contributed by atoms with Crippen molar-refractivity contribution in [1.29, 1.82) is 0 Å². The summed E-state index contributed by atoms with van der Waals surface area (Å²) in [6.07, 6.45) is 5.52. The predicted octanol–water partition coefficient (Wildman–Crippen LogP) is 2.80. The van der Waals surface area contributed by atoms with Gasteiger partial charge in [0, 0.05) is 12.6 Å². The molecule has 4 heterocycles. The zero-order valence-corrected chi connectivity index (χ0v) is 15.2. The average Bonchev–Trinajstić information content (AvgIpc) is 3.34. The Balaban J connectivity index is 1.56. The SMILES string of the molecule is C[C@H](Nc1ncnc2[nH]cnc12)c1nc2ccccc2n1C1CCCNC1. The number of aromatic nitrogens is 6. The van der Waals surface area contributed by atoms with E-state index in [2.05, 4.69) is 60.3 Å². The highest BCUT2D eigenvalue weighted by Gasteiger charge is 2.24. The Morgan fingerprint density at radius 2 is 2.15 bits per heavy atom. The molecular formula is C19H22N8. The summed E-state index contributed by atoms with van der Waals surface area (Å²) in [6.45, 7) is 4.18. The summed E-state index contributed by atoms with van der Waals surface area (Å²) < 4.78 is 2.39. The normalized spacial score (nSPS) is 18.8. The number of aromatic amines is 1. The van der Waals surface area contributed by atoms with Gasteiger partial charge in [-0.15, -0.1) is 0 Å². The second kappa shape index (κ2) is 6.62. The highest BCUT2D eigenvalue weighted by atomic mass is 15.2. The van der Waals surface area contributed by atoms with Gasteiger partial charge >= 0.3 is 0 Å². The number of anilines is 1. The van der Waals surface area contributed by atoms with E-state index in [-0.39, 0.29) is 6.04 Å². The number of fused-ring (bicyclic) bond motifs is 2. The molecule has 138 valence electrons. The summed E-state index contributed by atoms with van der Waals surface area (Å²) >= 11 is 0. The molecule has 3 aromatic heterocycles. The number of nitrogens with one attached hydrogen (secondary N) is 3. The third kappa shape index (κ3) is 2.82. The van der Waals surface area contributed by atoms with E-state index in [0.717, 1.165) is 42.0 Å². The quantitative estimate of drug-likeness (QED) is 0.517. The Hall–Kier alpha value is -3.00. The van der Waals surface area contributed by atoms with E-state index in [4.69, 9.17) is 4.98 Å². The standard InChI is InChI=1S/C19H22N8/c1-12(25-18-16-17(22-10-21-16)23-11-24-18)19-26-14-6-2-3-7-15(14)27(19)13-5-4-8-20-9-13/h2-3,6-7,10-13,20H,4-5,8-9H2,1H3,(H2,21,22,23,24,25)/t12-,13?/m0/s1. The van der Waals surface area contributed by atoms with E-state index >= 15 is 0 Å². The van der Waals surface area contributed by atoms with Crippen LogP contribution < -0.4 is 10.6 Å². The number of rotatable bonds is 4. The lowest BCUT2D eigenvalue weighted by atomic mass is 10.1. The first kappa shape index (κ1) is 16.2. The lowest BCUT2D eigenvalue weighted by Gasteiger charge is -2.28. The van der Waals surface area contributed by atoms with Crippen LogP contribution >= 0.6 is 0 Å². The summed E-state index contributed by atoms with van der Waals surface area (Å²) in [7, 11) is 0. The summed E-state index contributed by atoms with van der Waals surface area (Å²) in [5, 5.41) is 7.01. The van der Waals surface area contributed by atoms with Gasteiger partial charge in [-0.05, 0) is 38.4 Å². The second-order valence-electron chi connectivity index (χ2n) is 7.02. The Morgan fingerprint density at radius 1 is 1.22 bits per heavy atom. The number of piperidine rings is 1. The van der Waals surface area contributed by atoms with Gasteiger partial charge in [0.2, 0.25) is 0 Å². The number of imidazole rings is 2. The highest BCUT2D eigenvalue weighted by Crippen LogP contribution is 2.30. The van der Waals surface area contributed by atoms with Gasteiger partial charge in [0.05, 0.1) is 23.4 Å². The van der Waals surface area contributed by atoms with E-state index in [1.54, 1.807) is 12.7 Å². The average molecular weight is 362 g/mol. The first-order valence-electron chi connectivity index (χ1n) is 9.39. The van der Waals surface area contributed by atoms with Crippen molar-refractivity contribution in [3.63, 3.8) is 0 Å². The van der Waals surface area contributed by atoms with Gasteiger partial charge in [0.15, 0.2) is 11.5 Å². The van der Waals surface area contributed by atoms with Crippen molar-refractivity contribution < 1.29 is 0 Å². The minimum Gasteiger partial charge on any atom is -0.358 e. The Labute approximate surface area is 156 Å². The van der Waals surface area contributed by atoms with Crippen molar-refractivity contribution in [1.82, 2.24) is 34.8 Å². The maximum Gasteiger partial charge on any atom is 0.162 e. The predicted molar refractivity (Wildman–Crippen MR) is 105 cm³/mol. The van der Waals surface area contributed by atoms with Crippen LogP contribution in [0.15, 0.2) is 36.9 Å². The molecule has 27 heavy (non-hydrogen) atoms. The molecule has 8 nitrogen and oxygen atoms in total. The van der Waals surface area contributed by atoms with Crippen LogP contribution in [0.1, 0.15) is 37.7 Å². The largest absolute Gasteiger partial charge is 0.358 e. The summed E-state index contributed by atoms with van der Waals surface area (Å²) in [6, 6.07) is 8.74. The van der Waals surface area contributed by atoms with E-state index < -0.39 is 0 Å². The molecule has 1 fully saturated rings.